The predicted molar refractivity (Wildman–Crippen MR) is 138 cm³/mol. The number of carbonyl (C=O) groups is 1. The van der Waals surface area contributed by atoms with Gasteiger partial charge >= 0.3 is 5.97 Å². The number of rotatable bonds is 25. The van der Waals surface area contributed by atoms with Crippen molar-refractivity contribution in [3.8, 4) is 0 Å². The Morgan fingerprint density at radius 3 is 1.29 bits per heavy atom. The molecule has 0 radical (unpaired) electrons. The first-order valence-electron chi connectivity index (χ1n) is 14.0. The third kappa shape index (κ3) is 22.2. The Labute approximate surface area is 196 Å². The number of esters is 1. The molecule has 0 fully saturated rings. The molecule has 1 atom stereocenters. The van der Waals surface area contributed by atoms with Gasteiger partial charge in [-0.15, -0.1) is 0 Å². The predicted octanol–water partition coefficient (Wildman–Crippen LogP) is 9.95. The molecular weight excluding hydrogens is 380 g/mol. The molecule has 184 valence electrons. The highest BCUT2D eigenvalue weighted by atomic mass is 16.5. The van der Waals surface area contributed by atoms with Crippen LogP contribution in [0.2, 0.25) is 0 Å². The lowest BCUT2D eigenvalue weighted by Crippen LogP contribution is -2.18. The van der Waals surface area contributed by atoms with Gasteiger partial charge in [0.25, 0.3) is 0 Å². The first-order valence-corrected chi connectivity index (χ1v) is 14.0. The third-order valence-electron chi connectivity index (χ3n) is 6.49. The Morgan fingerprint density at radius 2 is 0.935 bits per heavy atom. The lowest BCUT2D eigenvalue weighted by molar-refractivity contribution is -0.147. The second kappa shape index (κ2) is 25.5. The van der Waals surface area contributed by atoms with Crippen LogP contribution in [0.1, 0.15) is 155 Å². The normalized spacial score (nSPS) is 12.1. The van der Waals surface area contributed by atoms with Crippen LogP contribution in [0.3, 0.4) is 0 Å². The van der Waals surface area contributed by atoms with Gasteiger partial charge in [0.05, 0.1) is 5.92 Å². The van der Waals surface area contributed by atoms with E-state index in [0.717, 1.165) is 19.3 Å². The summed E-state index contributed by atoms with van der Waals surface area (Å²) in [5.74, 6) is 0.0980. The maximum absolute atomic E-state index is 12.3. The van der Waals surface area contributed by atoms with Crippen molar-refractivity contribution in [2.75, 3.05) is 6.61 Å². The largest absolute Gasteiger partial charge is 0.461 e. The van der Waals surface area contributed by atoms with Crippen molar-refractivity contribution in [2.45, 2.75) is 155 Å². The molecule has 0 heterocycles. The van der Waals surface area contributed by atoms with Gasteiger partial charge in [-0.3, -0.25) is 4.79 Å². The summed E-state index contributed by atoms with van der Waals surface area (Å²) in [4.78, 5) is 12.3. The molecule has 0 aromatic carbocycles. The van der Waals surface area contributed by atoms with Gasteiger partial charge in [-0.1, -0.05) is 155 Å². The smallest absolute Gasteiger partial charge is 0.309 e. The summed E-state index contributed by atoms with van der Waals surface area (Å²) in [6, 6.07) is 0. The van der Waals surface area contributed by atoms with Crippen LogP contribution in [0.25, 0.3) is 0 Å². The number of ether oxygens (including phenoxy) is 1. The van der Waals surface area contributed by atoms with Crippen molar-refractivity contribution in [1.29, 1.82) is 0 Å². The first-order chi connectivity index (χ1) is 15.3. The van der Waals surface area contributed by atoms with E-state index in [-0.39, 0.29) is 11.9 Å². The van der Waals surface area contributed by atoms with Crippen LogP contribution in [0.15, 0.2) is 12.7 Å². The molecule has 0 aromatic rings. The monoisotopic (exact) mass is 436 g/mol. The van der Waals surface area contributed by atoms with Crippen LogP contribution in [0.4, 0.5) is 0 Å². The second-order valence-electron chi connectivity index (χ2n) is 9.56. The molecule has 0 saturated heterocycles. The van der Waals surface area contributed by atoms with Crippen LogP contribution in [0.5, 0.6) is 0 Å². The fourth-order valence-corrected chi connectivity index (χ4v) is 4.40. The molecule has 0 aliphatic heterocycles. The standard InChI is InChI=1S/C29H56O2/c1-4-7-9-11-12-13-14-15-16-17-18-19-20-21-22-24-26-28(25-23-10-8-5-2)29(30)31-27-6-3/h6,28H,3-5,7-27H2,1-2H3. The van der Waals surface area contributed by atoms with Crippen LogP contribution in [-0.4, -0.2) is 12.6 Å². The molecule has 0 amide bonds. The zero-order valence-corrected chi connectivity index (χ0v) is 21.4. The molecule has 0 aromatic heterocycles. The van der Waals surface area contributed by atoms with E-state index in [1.807, 2.05) is 0 Å². The minimum atomic E-state index is -0.00245. The average Bonchev–Trinajstić information content (AvgIpc) is 2.78. The van der Waals surface area contributed by atoms with E-state index in [0.29, 0.717) is 6.61 Å². The molecule has 0 bridgehead atoms. The molecule has 2 nitrogen and oxygen atoms in total. The SMILES string of the molecule is C=CCOC(=O)C(CCCCCC)CCCCCCCCCCCCCCCCCC. The summed E-state index contributed by atoms with van der Waals surface area (Å²) in [6.07, 6.45) is 30.8. The summed E-state index contributed by atoms with van der Waals surface area (Å²) >= 11 is 0. The molecule has 0 aliphatic carbocycles. The van der Waals surface area contributed by atoms with Gasteiger partial charge in [-0.05, 0) is 12.8 Å². The summed E-state index contributed by atoms with van der Waals surface area (Å²) in [5.41, 5.74) is 0. The van der Waals surface area contributed by atoms with E-state index in [9.17, 15) is 4.79 Å². The molecule has 31 heavy (non-hydrogen) atoms. The minimum absolute atomic E-state index is 0.00245. The third-order valence-corrected chi connectivity index (χ3v) is 6.49. The maximum atomic E-state index is 12.3. The quantitative estimate of drug-likeness (QED) is 0.0808. The zero-order valence-electron chi connectivity index (χ0n) is 21.4. The Balaban J connectivity index is 3.56. The van der Waals surface area contributed by atoms with E-state index in [1.165, 1.54) is 122 Å². The summed E-state index contributed by atoms with van der Waals surface area (Å²) < 4.78 is 5.33. The summed E-state index contributed by atoms with van der Waals surface area (Å²) in [5, 5.41) is 0. The molecule has 1 unspecified atom stereocenters. The number of unbranched alkanes of at least 4 members (excludes halogenated alkanes) is 18. The van der Waals surface area contributed by atoms with Gasteiger partial charge in [0.2, 0.25) is 0 Å². The highest BCUT2D eigenvalue weighted by Gasteiger charge is 2.18. The van der Waals surface area contributed by atoms with Crippen molar-refractivity contribution in [1.82, 2.24) is 0 Å². The van der Waals surface area contributed by atoms with Crippen LogP contribution in [-0.2, 0) is 9.53 Å². The van der Waals surface area contributed by atoms with E-state index in [2.05, 4.69) is 20.4 Å². The van der Waals surface area contributed by atoms with Crippen molar-refractivity contribution >= 4 is 5.97 Å². The van der Waals surface area contributed by atoms with Gasteiger partial charge in [0.15, 0.2) is 0 Å². The number of hydrogen-bond donors (Lipinski definition) is 0. The Kier molecular flexibility index (Phi) is 24.8. The first kappa shape index (κ1) is 30.2. The second-order valence-corrected chi connectivity index (χ2v) is 9.56. The molecular formula is C29H56O2. The van der Waals surface area contributed by atoms with Crippen LogP contribution in [0, 0.1) is 5.92 Å². The Morgan fingerprint density at radius 1 is 0.613 bits per heavy atom. The van der Waals surface area contributed by atoms with Crippen molar-refractivity contribution in [2.24, 2.45) is 5.92 Å². The molecule has 0 aliphatic rings. The van der Waals surface area contributed by atoms with Gasteiger partial charge < -0.3 is 4.74 Å². The van der Waals surface area contributed by atoms with E-state index in [1.54, 1.807) is 6.08 Å². The van der Waals surface area contributed by atoms with Gasteiger partial charge in [0, 0.05) is 0 Å². The molecule has 0 saturated carbocycles. The topological polar surface area (TPSA) is 26.3 Å². The van der Waals surface area contributed by atoms with Crippen molar-refractivity contribution in [3.05, 3.63) is 12.7 Å². The van der Waals surface area contributed by atoms with Gasteiger partial charge in [0.1, 0.15) is 6.61 Å². The molecule has 0 spiro atoms. The average molecular weight is 437 g/mol. The van der Waals surface area contributed by atoms with Gasteiger partial charge in [-0.2, -0.15) is 0 Å². The fraction of sp³-hybridized carbons (Fsp3) is 0.897. The number of carbonyl (C=O) groups excluding carboxylic acids is 1. The fourth-order valence-electron chi connectivity index (χ4n) is 4.40. The van der Waals surface area contributed by atoms with Crippen LogP contribution >= 0.6 is 0 Å². The molecule has 0 rings (SSSR count). The maximum Gasteiger partial charge on any atom is 0.309 e. The van der Waals surface area contributed by atoms with Crippen molar-refractivity contribution in [3.63, 3.8) is 0 Å². The van der Waals surface area contributed by atoms with Crippen LogP contribution < -0.4 is 0 Å². The molecule has 0 N–H and O–H groups in total. The lowest BCUT2D eigenvalue weighted by Gasteiger charge is -2.15. The number of hydrogen-bond acceptors (Lipinski definition) is 2. The highest BCUT2D eigenvalue weighted by molar-refractivity contribution is 5.72. The minimum Gasteiger partial charge on any atom is -0.461 e. The van der Waals surface area contributed by atoms with E-state index in [4.69, 9.17) is 4.74 Å². The summed E-state index contributed by atoms with van der Waals surface area (Å²) in [6.45, 7) is 8.52. The van der Waals surface area contributed by atoms with Gasteiger partial charge in [-0.25, -0.2) is 0 Å². The Hall–Kier alpha value is -0.790. The van der Waals surface area contributed by atoms with Crippen molar-refractivity contribution < 1.29 is 9.53 Å². The zero-order chi connectivity index (χ0) is 22.8. The van der Waals surface area contributed by atoms with E-state index >= 15 is 0 Å². The highest BCUT2D eigenvalue weighted by Crippen LogP contribution is 2.21. The Bertz CT molecular complexity index is 377. The van der Waals surface area contributed by atoms with E-state index < -0.39 is 0 Å². The molecule has 2 heteroatoms. The lowest BCUT2D eigenvalue weighted by atomic mass is 9.94. The summed E-state index contributed by atoms with van der Waals surface area (Å²) in [7, 11) is 0.